The Labute approximate surface area is 131 Å². The van der Waals surface area contributed by atoms with Crippen molar-refractivity contribution in [2.75, 3.05) is 26.2 Å². The van der Waals surface area contributed by atoms with Gasteiger partial charge in [-0.25, -0.2) is 0 Å². The van der Waals surface area contributed by atoms with E-state index >= 15 is 0 Å². The molecule has 0 N–H and O–H groups in total. The fourth-order valence-electron chi connectivity index (χ4n) is 4.20. The highest BCUT2D eigenvalue weighted by molar-refractivity contribution is 5.91. The van der Waals surface area contributed by atoms with E-state index < -0.39 is 0 Å². The second-order valence-electron chi connectivity index (χ2n) is 7.39. The number of aryl methyl sites for hydroxylation is 1. The molecule has 5 nitrogen and oxygen atoms in total. The molecule has 22 heavy (non-hydrogen) atoms. The minimum Gasteiger partial charge on any atom is -0.351 e. The van der Waals surface area contributed by atoms with Gasteiger partial charge < -0.3 is 9.42 Å². The number of amides is 1. The largest absolute Gasteiger partial charge is 0.351 e. The Balaban J connectivity index is 1.46. The first-order chi connectivity index (χ1) is 10.7. The molecule has 4 aliphatic rings. The van der Waals surface area contributed by atoms with Gasteiger partial charge in [-0.1, -0.05) is 11.6 Å². The number of nitrogens with zero attached hydrogens (tertiary/aromatic N) is 3. The van der Waals surface area contributed by atoms with E-state index in [1.807, 2.05) is 11.8 Å². The molecule has 5 heteroatoms. The van der Waals surface area contributed by atoms with E-state index in [2.05, 4.69) is 10.1 Å². The maximum atomic E-state index is 12.7. The third-order valence-electron chi connectivity index (χ3n) is 5.67. The molecular weight excluding hydrogens is 278 g/mol. The van der Waals surface area contributed by atoms with Crippen molar-refractivity contribution in [1.82, 2.24) is 15.0 Å². The third-order valence-corrected chi connectivity index (χ3v) is 5.67. The highest BCUT2D eigenvalue weighted by Crippen LogP contribution is 2.33. The number of hydrogen-bond donors (Lipinski definition) is 0. The van der Waals surface area contributed by atoms with Crippen molar-refractivity contribution in [3.05, 3.63) is 17.5 Å². The molecule has 0 spiro atoms. The molecule has 120 valence electrons. The van der Waals surface area contributed by atoms with Gasteiger partial charge in [-0.05, 0) is 44.4 Å². The summed E-state index contributed by atoms with van der Waals surface area (Å²) in [5.41, 5.74) is 0.771. The highest BCUT2D eigenvalue weighted by Gasteiger charge is 2.38. The molecule has 5 rings (SSSR count). The third kappa shape index (κ3) is 2.67. The van der Waals surface area contributed by atoms with Gasteiger partial charge in [0.15, 0.2) is 0 Å². The van der Waals surface area contributed by atoms with Crippen LogP contribution in [0.4, 0.5) is 0 Å². The lowest BCUT2D eigenvalue weighted by Gasteiger charge is -2.40. The van der Waals surface area contributed by atoms with Crippen LogP contribution < -0.4 is 0 Å². The predicted octanol–water partition coefficient (Wildman–Crippen LogP) is 2.32. The van der Waals surface area contributed by atoms with Crippen molar-refractivity contribution in [3.63, 3.8) is 0 Å². The van der Waals surface area contributed by atoms with Gasteiger partial charge in [0, 0.05) is 38.3 Å². The van der Waals surface area contributed by atoms with Crippen LogP contribution >= 0.6 is 0 Å². The standard InChI is InChI=1S/C17H25N3O2/c1-12-7-16(22-18-12)17(21)20-10-14-5-6-15(11-20)19(9-14)8-13-3-2-4-13/h7,13-15H,2-6,8-11H2,1H3/t14-,15-/m0/s1. The molecule has 1 aromatic rings. The van der Waals surface area contributed by atoms with Gasteiger partial charge in [0.2, 0.25) is 5.76 Å². The number of carbonyl (C=O) groups is 1. The summed E-state index contributed by atoms with van der Waals surface area (Å²) in [7, 11) is 0. The van der Waals surface area contributed by atoms with E-state index in [1.165, 1.54) is 45.2 Å². The molecule has 0 aromatic carbocycles. The maximum absolute atomic E-state index is 12.7. The van der Waals surface area contributed by atoms with Gasteiger partial charge >= 0.3 is 0 Å². The summed E-state index contributed by atoms with van der Waals surface area (Å²) in [5, 5.41) is 3.85. The summed E-state index contributed by atoms with van der Waals surface area (Å²) < 4.78 is 5.17. The van der Waals surface area contributed by atoms with Crippen LogP contribution in [0.3, 0.4) is 0 Å². The molecular formula is C17H25N3O2. The van der Waals surface area contributed by atoms with Crippen LogP contribution in [0, 0.1) is 18.8 Å². The first-order valence-electron chi connectivity index (χ1n) is 8.65. The van der Waals surface area contributed by atoms with Gasteiger partial charge in [-0.15, -0.1) is 0 Å². The van der Waals surface area contributed by atoms with Crippen molar-refractivity contribution in [2.45, 2.75) is 45.1 Å². The summed E-state index contributed by atoms with van der Waals surface area (Å²) in [4.78, 5) is 17.3. The first-order valence-corrected chi connectivity index (χ1v) is 8.65. The molecule has 2 bridgehead atoms. The number of rotatable bonds is 3. The van der Waals surface area contributed by atoms with Crippen molar-refractivity contribution >= 4 is 5.91 Å². The molecule has 1 amide bonds. The minimum absolute atomic E-state index is 0.0167. The van der Waals surface area contributed by atoms with Crippen LogP contribution in [0.15, 0.2) is 10.6 Å². The number of piperidine rings is 1. The summed E-state index contributed by atoms with van der Waals surface area (Å²) in [5.74, 6) is 1.93. The lowest BCUT2D eigenvalue weighted by atomic mass is 9.83. The molecule has 0 radical (unpaired) electrons. The summed E-state index contributed by atoms with van der Waals surface area (Å²) in [6.45, 7) is 5.98. The van der Waals surface area contributed by atoms with Crippen LogP contribution in [0.2, 0.25) is 0 Å². The van der Waals surface area contributed by atoms with E-state index in [-0.39, 0.29) is 5.91 Å². The zero-order valence-electron chi connectivity index (χ0n) is 13.3. The quantitative estimate of drug-likeness (QED) is 0.860. The number of fused-ring (bicyclic) bond motifs is 4. The Morgan fingerprint density at radius 2 is 2.14 bits per heavy atom. The summed E-state index contributed by atoms with van der Waals surface area (Å²) in [6, 6.07) is 2.29. The van der Waals surface area contributed by atoms with E-state index in [0.29, 0.717) is 17.7 Å². The molecule has 4 fully saturated rings. The smallest absolute Gasteiger partial charge is 0.292 e. The Morgan fingerprint density at radius 1 is 1.27 bits per heavy atom. The average molecular weight is 303 g/mol. The van der Waals surface area contributed by atoms with Crippen LogP contribution in [0.25, 0.3) is 0 Å². The second-order valence-corrected chi connectivity index (χ2v) is 7.39. The van der Waals surface area contributed by atoms with E-state index in [9.17, 15) is 4.79 Å². The van der Waals surface area contributed by atoms with E-state index in [0.717, 1.165) is 24.7 Å². The minimum atomic E-state index is 0.0167. The van der Waals surface area contributed by atoms with Gasteiger partial charge in [0.25, 0.3) is 5.91 Å². The van der Waals surface area contributed by atoms with Crippen molar-refractivity contribution in [2.24, 2.45) is 11.8 Å². The molecule has 2 atom stereocenters. The predicted molar refractivity (Wildman–Crippen MR) is 82.6 cm³/mol. The molecule has 1 aliphatic carbocycles. The number of aromatic nitrogens is 1. The van der Waals surface area contributed by atoms with E-state index in [4.69, 9.17) is 4.52 Å². The van der Waals surface area contributed by atoms with Crippen LogP contribution in [-0.4, -0.2) is 53.1 Å². The van der Waals surface area contributed by atoms with Gasteiger partial charge in [-0.2, -0.15) is 0 Å². The Bertz CT molecular complexity index is 552. The maximum Gasteiger partial charge on any atom is 0.292 e. The zero-order valence-corrected chi connectivity index (χ0v) is 13.3. The van der Waals surface area contributed by atoms with Crippen molar-refractivity contribution < 1.29 is 9.32 Å². The summed E-state index contributed by atoms with van der Waals surface area (Å²) >= 11 is 0. The van der Waals surface area contributed by atoms with Crippen LogP contribution in [0.1, 0.15) is 48.4 Å². The average Bonchev–Trinajstić information content (AvgIpc) is 2.70. The monoisotopic (exact) mass is 303 g/mol. The molecule has 3 aliphatic heterocycles. The molecule has 1 saturated carbocycles. The normalized spacial score (nSPS) is 29.4. The van der Waals surface area contributed by atoms with Crippen LogP contribution in [-0.2, 0) is 0 Å². The number of hydrogen-bond acceptors (Lipinski definition) is 4. The molecule has 3 saturated heterocycles. The summed E-state index contributed by atoms with van der Waals surface area (Å²) in [6.07, 6.45) is 6.69. The first kappa shape index (κ1) is 14.2. The Morgan fingerprint density at radius 3 is 2.82 bits per heavy atom. The van der Waals surface area contributed by atoms with Crippen molar-refractivity contribution in [1.29, 1.82) is 0 Å². The van der Waals surface area contributed by atoms with Crippen molar-refractivity contribution in [3.8, 4) is 0 Å². The van der Waals surface area contributed by atoms with E-state index in [1.54, 1.807) is 6.07 Å². The number of carbonyl (C=O) groups excluding carboxylic acids is 1. The topological polar surface area (TPSA) is 49.6 Å². The fourth-order valence-corrected chi connectivity index (χ4v) is 4.20. The van der Waals surface area contributed by atoms with Gasteiger partial charge in [-0.3, -0.25) is 9.69 Å². The zero-order chi connectivity index (χ0) is 15.1. The molecule has 1 aromatic heterocycles. The highest BCUT2D eigenvalue weighted by atomic mass is 16.5. The van der Waals surface area contributed by atoms with Crippen LogP contribution in [0.5, 0.6) is 0 Å². The lowest BCUT2D eigenvalue weighted by Crippen LogP contribution is -2.47. The SMILES string of the molecule is Cc1cc(C(=O)N2C[C@H]3CC[C@@H](C2)N(CC2CCC2)C3)on1. The molecule has 4 heterocycles. The Hall–Kier alpha value is -1.36. The van der Waals surface area contributed by atoms with Gasteiger partial charge in [0.1, 0.15) is 0 Å². The van der Waals surface area contributed by atoms with Gasteiger partial charge in [0.05, 0.1) is 5.69 Å². The molecule has 0 unspecified atom stereocenters. The second kappa shape index (κ2) is 5.69. The fraction of sp³-hybridized carbons (Fsp3) is 0.765. The Kier molecular flexibility index (Phi) is 3.68. The lowest BCUT2D eigenvalue weighted by molar-refractivity contribution is 0.0679.